The van der Waals surface area contributed by atoms with E-state index in [0.29, 0.717) is 23.6 Å². The number of nitrogens with one attached hydrogen (secondary N) is 1. The number of carbonyl (C=O) groups excluding carboxylic acids is 2. The van der Waals surface area contributed by atoms with Crippen LogP contribution in [0.15, 0.2) is 48.5 Å². The van der Waals surface area contributed by atoms with E-state index < -0.39 is 5.97 Å². The van der Waals surface area contributed by atoms with Gasteiger partial charge < -0.3 is 19.5 Å². The van der Waals surface area contributed by atoms with E-state index in [9.17, 15) is 9.59 Å². The number of anilines is 1. The number of carbonyl (C=O) groups is 2. The van der Waals surface area contributed by atoms with Gasteiger partial charge in [-0.2, -0.15) is 0 Å². The van der Waals surface area contributed by atoms with E-state index in [0.717, 1.165) is 5.56 Å². The highest BCUT2D eigenvalue weighted by atomic mass is 16.5. The van der Waals surface area contributed by atoms with Crippen LogP contribution in [0.5, 0.6) is 11.5 Å². The van der Waals surface area contributed by atoms with Crippen LogP contribution in [0.2, 0.25) is 0 Å². The first-order valence-electron chi connectivity index (χ1n) is 7.83. The first-order valence-corrected chi connectivity index (χ1v) is 7.83. The molecule has 1 amide bonds. The molecule has 0 saturated heterocycles. The zero-order chi connectivity index (χ0) is 18.1. The molecule has 2 aromatic rings. The third-order valence-electron chi connectivity index (χ3n) is 3.45. The van der Waals surface area contributed by atoms with Gasteiger partial charge in [-0.1, -0.05) is 18.2 Å². The fourth-order valence-electron chi connectivity index (χ4n) is 2.19. The molecule has 0 aromatic heterocycles. The molecule has 0 unspecified atom stereocenters. The summed E-state index contributed by atoms with van der Waals surface area (Å²) in [5.41, 5.74) is 1.55. The van der Waals surface area contributed by atoms with E-state index in [1.807, 2.05) is 30.3 Å². The molecule has 1 N–H and O–H groups in total. The highest BCUT2D eigenvalue weighted by Gasteiger charge is 2.09. The maximum atomic E-state index is 11.8. The van der Waals surface area contributed by atoms with Crippen LogP contribution in [0.1, 0.15) is 12.0 Å². The largest absolute Gasteiger partial charge is 0.497 e. The number of methoxy groups -OCH3 is 2. The fourth-order valence-corrected chi connectivity index (χ4v) is 2.19. The van der Waals surface area contributed by atoms with Gasteiger partial charge in [0.15, 0.2) is 6.61 Å². The van der Waals surface area contributed by atoms with Gasteiger partial charge in [-0.25, -0.2) is 0 Å². The number of benzene rings is 2. The smallest absolute Gasteiger partial charge is 0.306 e. The molecular weight excluding hydrogens is 322 g/mol. The van der Waals surface area contributed by atoms with E-state index in [4.69, 9.17) is 14.2 Å². The Balaban J connectivity index is 1.78. The second kappa shape index (κ2) is 9.32. The summed E-state index contributed by atoms with van der Waals surface area (Å²) in [6.45, 7) is -0.310. The zero-order valence-electron chi connectivity index (χ0n) is 14.3. The van der Waals surface area contributed by atoms with Gasteiger partial charge in [0.1, 0.15) is 11.5 Å². The quantitative estimate of drug-likeness (QED) is 0.746. The Bertz CT molecular complexity index is 693. The Morgan fingerprint density at radius 2 is 1.60 bits per heavy atom. The summed E-state index contributed by atoms with van der Waals surface area (Å²) in [6, 6.07) is 14.4. The van der Waals surface area contributed by atoms with Crippen molar-refractivity contribution in [2.75, 3.05) is 26.1 Å². The second-order valence-corrected chi connectivity index (χ2v) is 5.30. The van der Waals surface area contributed by atoms with Crippen molar-refractivity contribution in [3.63, 3.8) is 0 Å². The molecule has 0 spiro atoms. The fraction of sp³-hybridized carbons (Fsp3) is 0.263. The monoisotopic (exact) mass is 343 g/mol. The lowest BCUT2D eigenvalue weighted by atomic mass is 10.1. The van der Waals surface area contributed by atoms with Crippen molar-refractivity contribution in [1.29, 1.82) is 0 Å². The van der Waals surface area contributed by atoms with Crippen LogP contribution in [0, 0.1) is 0 Å². The molecule has 6 heteroatoms. The normalized spacial score (nSPS) is 10.0. The lowest BCUT2D eigenvalue weighted by Crippen LogP contribution is -2.21. The molecule has 0 bridgehead atoms. The van der Waals surface area contributed by atoms with Crippen LogP contribution < -0.4 is 14.8 Å². The molecule has 0 radical (unpaired) electrons. The first kappa shape index (κ1) is 18.3. The molecule has 0 atom stereocenters. The van der Waals surface area contributed by atoms with Crippen LogP contribution in [0.3, 0.4) is 0 Å². The lowest BCUT2D eigenvalue weighted by Gasteiger charge is -2.09. The van der Waals surface area contributed by atoms with E-state index in [2.05, 4.69) is 5.32 Å². The van der Waals surface area contributed by atoms with Gasteiger partial charge in [0.2, 0.25) is 0 Å². The first-order chi connectivity index (χ1) is 12.1. The van der Waals surface area contributed by atoms with Crippen LogP contribution >= 0.6 is 0 Å². The van der Waals surface area contributed by atoms with E-state index in [1.54, 1.807) is 32.4 Å². The van der Waals surface area contributed by atoms with Crippen LogP contribution in [-0.2, 0) is 20.7 Å². The number of hydrogen-bond donors (Lipinski definition) is 1. The zero-order valence-corrected chi connectivity index (χ0v) is 14.3. The maximum absolute atomic E-state index is 11.8. The molecule has 6 nitrogen and oxygen atoms in total. The molecule has 0 heterocycles. The van der Waals surface area contributed by atoms with E-state index in [-0.39, 0.29) is 18.9 Å². The summed E-state index contributed by atoms with van der Waals surface area (Å²) in [6.07, 6.45) is 0.627. The SMILES string of the molecule is COc1cc(CCC(=O)OCC(=O)Nc2ccccc2)cc(OC)c1. The number of esters is 1. The average molecular weight is 343 g/mol. The van der Waals surface area contributed by atoms with Crippen molar-refractivity contribution < 1.29 is 23.8 Å². The molecule has 2 rings (SSSR count). The van der Waals surface area contributed by atoms with Crippen molar-refractivity contribution >= 4 is 17.6 Å². The van der Waals surface area contributed by atoms with Gasteiger partial charge in [0.25, 0.3) is 5.91 Å². The van der Waals surface area contributed by atoms with Gasteiger partial charge in [-0.15, -0.1) is 0 Å². The summed E-state index contributed by atoms with van der Waals surface area (Å²) >= 11 is 0. The summed E-state index contributed by atoms with van der Waals surface area (Å²) in [4.78, 5) is 23.6. The summed E-state index contributed by atoms with van der Waals surface area (Å²) in [7, 11) is 3.14. The van der Waals surface area contributed by atoms with Crippen molar-refractivity contribution in [1.82, 2.24) is 0 Å². The number of aryl methyl sites for hydroxylation is 1. The summed E-state index contributed by atoms with van der Waals surface area (Å²) in [5, 5.41) is 2.65. The molecule has 2 aromatic carbocycles. The molecule has 0 fully saturated rings. The van der Waals surface area contributed by atoms with Crippen molar-refractivity contribution in [2.24, 2.45) is 0 Å². The molecular formula is C19H21NO5. The van der Waals surface area contributed by atoms with Crippen molar-refractivity contribution in [2.45, 2.75) is 12.8 Å². The highest BCUT2D eigenvalue weighted by Crippen LogP contribution is 2.23. The Labute approximate surface area is 146 Å². The van der Waals surface area contributed by atoms with Gasteiger partial charge >= 0.3 is 5.97 Å². The number of rotatable bonds is 8. The lowest BCUT2D eigenvalue weighted by molar-refractivity contribution is -0.147. The Morgan fingerprint density at radius 1 is 0.960 bits per heavy atom. The molecule has 132 valence electrons. The second-order valence-electron chi connectivity index (χ2n) is 5.30. The van der Waals surface area contributed by atoms with Gasteiger partial charge in [0.05, 0.1) is 14.2 Å². The minimum absolute atomic E-state index is 0.162. The van der Waals surface area contributed by atoms with Gasteiger partial charge in [-0.05, 0) is 36.2 Å². The van der Waals surface area contributed by atoms with E-state index in [1.165, 1.54) is 0 Å². The molecule has 25 heavy (non-hydrogen) atoms. The standard InChI is InChI=1S/C19H21NO5/c1-23-16-10-14(11-17(12-16)24-2)8-9-19(22)25-13-18(21)20-15-6-4-3-5-7-15/h3-7,10-12H,8-9,13H2,1-2H3,(H,20,21). The third-order valence-corrected chi connectivity index (χ3v) is 3.45. The predicted octanol–water partition coefficient (Wildman–Crippen LogP) is 2.82. The molecule has 0 aliphatic carbocycles. The molecule has 0 saturated carbocycles. The summed E-state index contributed by atoms with van der Waals surface area (Å²) in [5.74, 6) is 0.502. The topological polar surface area (TPSA) is 73.9 Å². The Hall–Kier alpha value is -3.02. The number of ether oxygens (including phenoxy) is 3. The third kappa shape index (κ3) is 6.18. The number of amides is 1. The van der Waals surface area contributed by atoms with Crippen LogP contribution in [0.25, 0.3) is 0 Å². The Morgan fingerprint density at radius 3 is 2.20 bits per heavy atom. The predicted molar refractivity (Wildman–Crippen MR) is 93.9 cm³/mol. The maximum Gasteiger partial charge on any atom is 0.306 e. The van der Waals surface area contributed by atoms with Gasteiger partial charge in [0, 0.05) is 18.2 Å². The summed E-state index contributed by atoms with van der Waals surface area (Å²) < 4.78 is 15.4. The molecule has 0 aliphatic heterocycles. The average Bonchev–Trinajstić information content (AvgIpc) is 2.65. The minimum Gasteiger partial charge on any atom is -0.497 e. The highest BCUT2D eigenvalue weighted by molar-refractivity contribution is 5.92. The minimum atomic E-state index is -0.440. The van der Waals surface area contributed by atoms with Gasteiger partial charge in [-0.3, -0.25) is 9.59 Å². The van der Waals surface area contributed by atoms with Crippen LogP contribution in [0.4, 0.5) is 5.69 Å². The Kier molecular flexibility index (Phi) is 6.83. The number of hydrogen-bond acceptors (Lipinski definition) is 5. The van der Waals surface area contributed by atoms with E-state index >= 15 is 0 Å². The van der Waals surface area contributed by atoms with Crippen molar-refractivity contribution in [3.05, 3.63) is 54.1 Å². The van der Waals surface area contributed by atoms with Crippen molar-refractivity contribution in [3.8, 4) is 11.5 Å². The molecule has 0 aliphatic rings. The number of para-hydroxylation sites is 1. The van der Waals surface area contributed by atoms with Crippen LogP contribution in [-0.4, -0.2) is 32.7 Å².